The van der Waals surface area contributed by atoms with Crippen LogP contribution in [0.5, 0.6) is 0 Å². The molecule has 0 aliphatic heterocycles. The van der Waals surface area contributed by atoms with Crippen molar-refractivity contribution in [3.63, 3.8) is 0 Å². The zero-order valence-electron chi connectivity index (χ0n) is 34.3. The van der Waals surface area contributed by atoms with Gasteiger partial charge in [-0.3, -0.25) is 0 Å². The first kappa shape index (κ1) is 47.9. The molecule has 0 unspecified atom stereocenters. The first-order valence-corrected chi connectivity index (χ1v) is 23.3. The summed E-state index contributed by atoms with van der Waals surface area (Å²) in [5.41, 5.74) is 0. The van der Waals surface area contributed by atoms with E-state index in [1.807, 2.05) is 0 Å². The topological polar surface area (TPSA) is 20.2 Å². The summed E-state index contributed by atoms with van der Waals surface area (Å²) in [6.07, 6.45) is 57.0. The predicted molar refractivity (Wildman–Crippen MR) is 218 cm³/mol. The van der Waals surface area contributed by atoms with E-state index in [2.05, 4.69) is 20.8 Å². The Bertz CT molecular complexity index is 518. The van der Waals surface area contributed by atoms with Crippen molar-refractivity contribution in [1.82, 2.24) is 0 Å². The average molecular weight is 679 g/mol. The summed E-state index contributed by atoms with van der Waals surface area (Å²) in [5, 5.41) is 11.1. The van der Waals surface area contributed by atoms with Gasteiger partial charge in [0.15, 0.2) is 0 Å². The van der Waals surface area contributed by atoms with Crippen LogP contribution in [0.3, 0.4) is 0 Å². The minimum atomic E-state index is 0.318. The van der Waals surface area contributed by atoms with Crippen LogP contribution in [0.4, 0.5) is 0 Å². The SMILES string of the molecule is CCCCCCCCCCCCCCCCCCCCCC[N+](O)(CC)CCCCCCCCCCCCCCCCCCCCCC. The van der Waals surface area contributed by atoms with Crippen LogP contribution >= 0.6 is 0 Å². The molecule has 0 aromatic rings. The van der Waals surface area contributed by atoms with E-state index in [0.29, 0.717) is 4.65 Å². The van der Waals surface area contributed by atoms with Crippen molar-refractivity contribution < 1.29 is 9.85 Å². The molecule has 0 aromatic carbocycles. The number of hydrogen-bond acceptors (Lipinski definition) is 1. The molecule has 48 heavy (non-hydrogen) atoms. The molecule has 0 aliphatic rings. The van der Waals surface area contributed by atoms with E-state index < -0.39 is 0 Å². The Balaban J connectivity index is 3.34. The molecular formula is C46H96NO+. The molecule has 0 heterocycles. The van der Waals surface area contributed by atoms with Crippen LogP contribution in [-0.2, 0) is 0 Å². The van der Waals surface area contributed by atoms with Gasteiger partial charge in [-0.15, -0.1) is 0 Å². The molecule has 1 N–H and O–H groups in total. The van der Waals surface area contributed by atoms with E-state index in [0.717, 1.165) is 19.6 Å². The van der Waals surface area contributed by atoms with Gasteiger partial charge in [0.05, 0.1) is 0 Å². The Hall–Kier alpha value is -0.0800. The minimum Gasteiger partial charge on any atom is -0.217 e. The van der Waals surface area contributed by atoms with E-state index in [1.165, 1.54) is 257 Å². The van der Waals surface area contributed by atoms with E-state index in [9.17, 15) is 5.21 Å². The molecule has 0 aliphatic carbocycles. The van der Waals surface area contributed by atoms with Gasteiger partial charge in [-0.2, -0.15) is 4.65 Å². The van der Waals surface area contributed by atoms with E-state index in [-0.39, 0.29) is 0 Å². The molecule has 290 valence electrons. The third kappa shape index (κ3) is 38.7. The van der Waals surface area contributed by atoms with Gasteiger partial charge in [0, 0.05) is 0 Å². The van der Waals surface area contributed by atoms with Crippen LogP contribution in [0.1, 0.15) is 278 Å². The van der Waals surface area contributed by atoms with Gasteiger partial charge in [-0.05, 0) is 32.6 Å². The monoisotopic (exact) mass is 679 g/mol. The molecular weight excluding hydrogens is 583 g/mol. The Kier molecular flexibility index (Phi) is 41.3. The smallest absolute Gasteiger partial charge is 0.109 e. The van der Waals surface area contributed by atoms with Crippen molar-refractivity contribution in [1.29, 1.82) is 0 Å². The van der Waals surface area contributed by atoms with Crippen molar-refractivity contribution >= 4 is 0 Å². The second-order valence-corrected chi connectivity index (χ2v) is 16.3. The standard InChI is InChI=1S/C46H96NO/c1-4-7-9-11-13-15-17-19-21-23-25-27-29-31-33-35-37-39-41-43-45-47(48,6-3)46-44-42-40-38-36-34-32-30-28-26-24-22-20-18-16-14-12-10-8-5-2/h48H,4-46H2,1-3H3/q+1. The molecule has 0 bridgehead atoms. The van der Waals surface area contributed by atoms with Gasteiger partial charge in [-0.1, -0.05) is 245 Å². The van der Waals surface area contributed by atoms with Crippen LogP contribution in [0.25, 0.3) is 0 Å². The number of hydroxylamine groups is 3. The lowest BCUT2D eigenvalue weighted by atomic mass is 10.0. The highest BCUT2D eigenvalue weighted by Gasteiger charge is 2.21. The highest BCUT2D eigenvalue weighted by molar-refractivity contribution is 4.53. The molecule has 0 aromatic heterocycles. The number of quaternary nitrogens is 1. The van der Waals surface area contributed by atoms with Gasteiger partial charge in [0.25, 0.3) is 0 Å². The number of hydrogen-bond donors (Lipinski definition) is 1. The number of unbranched alkanes of at least 4 members (excludes halogenated alkanes) is 38. The van der Waals surface area contributed by atoms with Crippen LogP contribution in [0, 0.1) is 0 Å². The van der Waals surface area contributed by atoms with Crippen molar-refractivity contribution in [2.24, 2.45) is 0 Å². The van der Waals surface area contributed by atoms with Crippen molar-refractivity contribution in [2.75, 3.05) is 19.6 Å². The number of nitrogens with zero attached hydrogens (tertiary/aromatic N) is 1. The van der Waals surface area contributed by atoms with E-state index in [1.54, 1.807) is 0 Å². The number of rotatable bonds is 43. The van der Waals surface area contributed by atoms with Crippen molar-refractivity contribution in [3.05, 3.63) is 0 Å². The maximum atomic E-state index is 11.1. The van der Waals surface area contributed by atoms with Crippen molar-refractivity contribution in [3.8, 4) is 0 Å². The molecule has 0 saturated carbocycles. The predicted octanol–water partition coefficient (Wildman–Crippen LogP) is 16.9. The fourth-order valence-electron chi connectivity index (χ4n) is 7.75. The van der Waals surface area contributed by atoms with Gasteiger partial charge in [0.1, 0.15) is 19.6 Å². The largest absolute Gasteiger partial charge is 0.217 e. The van der Waals surface area contributed by atoms with E-state index in [4.69, 9.17) is 0 Å². The molecule has 0 amide bonds. The van der Waals surface area contributed by atoms with Crippen LogP contribution in [-0.4, -0.2) is 29.5 Å². The van der Waals surface area contributed by atoms with Crippen molar-refractivity contribution in [2.45, 2.75) is 278 Å². The summed E-state index contributed by atoms with van der Waals surface area (Å²) in [6, 6.07) is 0. The highest BCUT2D eigenvalue weighted by atomic mass is 16.5. The molecule has 0 atom stereocenters. The fraction of sp³-hybridized carbons (Fsp3) is 1.00. The lowest BCUT2D eigenvalue weighted by Gasteiger charge is -2.29. The minimum absolute atomic E-state index is 0.318. The molecule has 2 heteroatoms. The first-order valence-electron chi connectivity index (χ1n) is 23.3. The van der Waals surface area contributed by atoms with E-state index >= 15 is 0 Å². The quantitative estimate of drug-likeness (QED) is 0.0386. The average Bonchev–Trinajstić information content (AvgIpc) is 3.10. The lowest BCUT2D eigenvalue weighted by Crippen LogP contribution is -2.46. The third-order valence-electron chi connectivity index (χ3n) is 11.4. The summed E-state index contributed by atoms with van der Waals surface area (Å²) in [7, 11) is 0. The molecule has 0 rings (SSSR count). The molecule has 0 spiro atoms. The lowest BCUT2D eigenvalue weighted by molar-refractivity contribution is -1.10. The second-order valence-electron chi connectivity index (χ2n) is 16.3. The summed E-state index contributed by atoms with van der Waals surface area (Å²) in [5.74, 6) is 0. The highest BCUT2D eigenvalue weighted by Crippen LogP contribution is 2.18. The maximum absolute atomic E-state index is 11.1. The maximum Gasteiger partial charge on any atom is 0.109 e. The zero-order chi connectivity index (χ0) is 34.9. The van der Waals surface area contributed by atoms with Gasteiger partial charge in [0.2, 0.25) is 0 Å². The van der Waals surface area contributed by atoms with Crippen LogP contribution < -0.4 is 0 Å². The molecule has 2 nitrogen and oxygen atoms in total. The Labute approximate surface area is 306 Å². The fourth-order valence-corrected chi connectivity index (χ4v) is 7.75. The molecule has 0 saturated heterocycles. The van der Waals surface area contributed by atoms with Gasteiger partial charge in [-0.25, -0.2) is 5.21 Å². The Morgan fingerprint density at radius 3 is 0.521 bits per heavy atom. The molecule has 0 radical (unpaired) electrons. The second kappa shape index (κ2) is 41.3. The Morgan fingerprint density at radius 2 is 0.375 bits per heavy atom. The third-order valence-corrected chi connectivity index (χ3v) is 11.4. The molecule has 0 fully saturated rings. The summed E-state index contributed by atoms with van der Waals surface area (Å²) in [4.78, 5) is 0. The van der Waals surface area contributed by atoms with Gasteiger partial charge < -0.3 is 0 Å². The zero-order valence-corrected chi connectivity index (χ0v) is 34.3. The summed E-state index contributed by atoms with van der Waals surface area (Å²) in [6.45, 7) is 9.59. The van der Waals surface area contributed by atoms with Gasteiger partial charge >= 0.3 is 0 Å². The normalized spacial score (nSPS) is 12.0. The van der Waals surface area contributed by atoms with Crippen LogP contribution in [0.2, 0.25) is 0 Å². The summed E-state index contributed by atoms with van der Waals surface area (Å²) >= 11 is 0. The van der Waals surface area contributed by atoms with Crippen LogP contribution in [0.15, 0.2) is 0 Å². The summed E-state index contributed by atoms with van der Waals surface area (Å²) < 4.78 is 0.318. The first-order chi connectivity index (χ1) is 23.7. The Morgan fingerprint density at radius 1 is 0.229 bits per heavy atom.